The van der Waals surface area contributed by atoms with Crippen LogP contribution in [0.4, 0.5) is 0 Å². The van der Waals surface area contributed by atoms with Crippen LogP contribution < -0.4 is 10.6 Å². The SMILES string of the molecule is CCNC(=NCc1ccn(C)c1)NCCCOCC. The Morgan fingerprint density at radius 3 is 2.84 bits per heavy atom. The van der Waals surface area contributed by atoms with E-state index in [9.17, 15) is 0 Å². The van der Waals surface area contributed by atoms with Gasteiger partial charge in [-0.15, -0.1) is 0 Å². The maximum absolute atomic E-state index is 5.30. The molecule has 108 valence electrons. The van der Waals surface area contributed by atoms with Gasteiger partial charge in [-0.1, -0.05) is 0 Å². The zero-order chi connectivity index (χ0) is 13.9. The Labute approximate surface area is 116 Å². The number of hydrogen-bond acceptors (Lipinski definition) is 2. The number of ether oxygens (including phenoxy) is 1. The van der Waals surface area contributed by atoms with Gasteiger partial charge >= 0.3 is 0 Å². The molecular formula is C14H26N4O. The molecule has 5 nitrogen and oxygen atoms in total. The first-order chi connectivity index (χ1) is 9.26. The molecule has 0 spiro atoms. The average molecular weight is 266 g/mol. The fourth-order valence-electron chi connectivity index (χ4n) is 1.69. The Balaban J connectivity index is 2.33. The van der Waals surface area contributed by atoms with E-state index in [0.29, 0.717) is 6.54 Å². The monoisotopic (exact) mass is 266 g/mol. The second kappa shape index (κ2) is 9.44. The molecule has 0 bridgehead atoms. The smallest absolute Gasteiger partial charge is 0.191 e. The van der Waals surface area contributed by atoms with E-state index in [-0.39, 0.29) is 0 Å². The summed E-state index contributed by atoms with van der Waals surface area (Å²) in [6, 6.07) is 2.09. The molecule has 0 radical (unpaired) electrons. The summed E-state index contributed by atoms with van der Waals surface area (Å²) in [5.41, 5.74) is 1.22. The number of hydrogen-bond donors (Lipinski definition) is 2. The van der Waals surface area contributed by atoms with Gasteiger partial charge in [0.15, 0.2) is 5.96 Å². The van der Waals surface area contributed by atoms with Crippen LogP contribution in [0, 0.1) is 0 Å². The van der Waals surface area contributed by atoms with Gasteiger partial charge in [0, 0.05) is 45.7 Å². The summed E-state index contributed by atoms with van der Waals surface area (Å²) in [5, 5.41) is 6.55. The first kappa shape index (κ1) is 15.6. The average Bonchev–Trinajstić information content (AvgIpc) is 2.81. The molecule has 0 atom stereocenters. The van der Waals surface area contributed by atoms with Gasteiger partial charge in [0.05, 0.1) is 6.54 Å². The zero-order valence-corrected chi connectivity index (χ0v) is 12.3. The summed E-state index contributed by atoms with van der Waals surface area (Å²) in [7, 11) is 2.02. The van der Waals surface area contributed by atoms with Crippen LogP contribution >= 0.6 is 0 Å². The van der Waals surface area contributed by atoms with Gasteiger partial charge in [0.1, 0.15) is 0 Å². The molecule has 0 aliphatic rings. The van der Waals surface area contributed by atoms with Gasteiger partial charge in [-0.05, 0) is 31.9 Å². The fourth-order valence-corrected chi connectivity index (χ4v) is 1.69. The van der Waals surface area contributed by atoms with Crippen molar-refractivity contribution in [1.82, 2.24) is 15.2 Å². The molecule has 0 saturated heterocycles. The predicted molar refractivity (Wildman–Crippen MR) is 79.3 cm³/mol. The van der Waals surface area contributed by atoms with Crippen molar-refractivity contribution < 1.29 is 4.74 Å². The van der Waals surface area contributed by atoms with Crippen molar-refractivity contribution in [2.75, 3.05) is 26.3 Å². The Hall–Kier alpha value is -1.49. The Morgan fingerprint density at radius 1 is 1.37 bits per heavy atom. The lowest BCUT2D eigenvalue weighted by Crippen LogP contribution is -2.38. The highest BCUT2D eigenvalue weighted by atomic mass is 16.5. The van der Waals surface area contributed by atoms with E-state index < -0.39 is 0 Å². The van der Waals surface area contributed by atoms with Crippen molar-refractivity contribution in [2.24, 2.45) is 12.0 Å². The summed E-state index contributed by atoms with van der Waals surface area (Å²) in [4.78, 5) is 4.56. The summed E-state index contributed by atoms with van der Waals surface area (Å²) in [6.45, 7) is 8.09. The van der Waals surface area contributed by atoms with Gasteiger partial charge in [0.2, 0.25) is 0 Å². The van der Waals surface area contributed by atoms with Crippen LogP contribution in [0.15, 0.2) is 23.5 Å². The normalized spacial score (nSPS) is 11.6. The maximum Gasteiger partial charge on any atom is 0.191 e. The van der Waals surface area contributed by atoms with Gasteiger partial charge in [-0.25, -0.2) is 4.99 Å². The lowest BCUT2D eigenvalue weighted by atomic mass is 10.3. The second-order valence-electron chi connectivity index (χ2n) is 4.36. The minimum absolute atomic E-state index is 0.696. The molecule has 0 aliphatic carbocycles. The Kier molecular flexibility index (Phi) is 7.74. The van der Waals surface area contributed by atoms with Crippen molar-refractivity contribution in [1.29, 1.82) is 0 Å². The molecule has 0 fully saturated rings. The third kappa shape index (κ3) is 6.86. The van der Waals surface area contributed by atoms with Gasteiger partial charge < -0.3 is 19.9 Å². The molecule has 0 aromatic carbocycles. The van der Waals surface area contributed by atoms with Crippen molar-refractivity contribution in [2.45, 2.75) is 26.8 Å². The van der Waals surface area contributed by atoms with Gasteiger partial charge in [0.25, 0.3) is 0 Å². The van der Waals surface area contributed by atoms with E-state index >= 15 is 0 Å². The predicted octanol–water partition coefficient (Wildman–Crippen LogP) is 1.51. The number of aromatic nitrogens is 1. The van der Waals surface area contributed by atoms with Gasteiger partial charge in [-0.2, -0.15) is 0 Å². The number of guanidine groups is 1. The summed E-state index contributed by atoms with van der Waals surface area (Å²) in [5.74, 6) is 0.864. The molecule has 1 aromatic rings. The molecule has 1 rings (SSSR count). The molecule has 5 heteroatoms. The largest absolute Gasteiger partial charge is 0.382 e. The third-order valence-electron chi connectivity index (χ3n) is 2.62. The standard InChI is InChI=1S/C14H26N4O/c1-4-15-14(16-8-6-10-19-5-2)17-11-13-7-9-18(3)12-13/h7,9,12H,4-6,8,10-11H2,1-3H3,(H2,15,16,17). The molecule has 19 heavy (non-hydrogen) atoms. The molecule has 1 heterocycles. The number of rotatable bonds is 8. The van der Waals surface area contributed by atoms with E-state index in [1.807, 2.05) is 24.7 Å². The topological polar surface area (TPSA) is 50.6 Å². The zero-order valence-electron chi connectivity index (χ0n) is 12.3. The van der Waals surface area contributed by atoms with Crippen LogP contribution in [0.3, 0.4) is 0 Å². The highest BCUT2D eigenvalue weighted by Crippen LogP contribution is 2.00. The Bertz CT molecular complexity index is 373. The van der Waals surface area contributed by atoms with Crippen LogP contribution in [-0.4, -0.2) is 36.8 Å². The highest BCUT2D eigenvalue weighted by molar-refractivity contribution is 5.79. The molecule has 0 amide bonds. The summed E-state index contributed by atoms with van der Waals surface area (Å²) >= 11 is 0. The first-order valence-corrected chi connectivity index (χ1v) is 6.97. The van der Waals surface area contributed by atoms with Crippen molar-refractivity contribution in [3.63, 3.8) is 0 Å². The van der Waals surface area contributed by atoms with Crippen molar-refractivity contribution in [3.8, 4) is 0 Å². The van der Waals surface area contributed by atoms with Gasteiger partial charge in [-0.3, -0.25) is 0 Å². The van der Waals surface area contributed by atoms with Crippen LogP contribution in [0.25, 0.3) is 0 Å². The first-order valence-electron chi connectivity index (χ1n) is 6.97. The van der Waals surface area contributed by atoms with Crippen LogP contribution in [0.1, 0.15) is 25.8 Å². The second-order valence-corrected chi connectivity index (χ2v) is 4.36. The lowest BCUT2D eigenvalue weighted by Gasteiger charge is -2.10. The third-order valence-corrected chi connectivity index (χ3v) is 2.62. The molecule has 0 saturated carbocycles. The summed E-state index contributed by atoms with van der Waals surface area (Å²) in [6.07, 6.45) is 5.11. The van der Waals surface area contributed by atoms with Crippen LogP contribution in [0.2, 0.25) is 0 Å². The molecule has 2 N–H and O–H groups in total. The van der Waals surface area contributed by atoms with Crippen molar-refractivity contribution in [3.05, 3.63) is 24.0 Å². The van der Waals surface area contributed by atoms with E-state index in [4.69, 9.17) is 4.74 Å². The lowest BCUT2D eigenvalue weighted by molar-refractivity contribution is 0.145. The maximum atomic E-state index is 5.30. The minimum Gasteiger partial charge on any atom is -0.382 e. The molecule has 1 aromatic heterocycles. The van der Waals surface area contributed by atoms with Crippen molar-refractivity contribution >= 4 is 5.96 Å². The number of aryl methyl sites for hydroxylation is 1. The Morgan fingerprint density at radius 2 is 2.21 bits per heavy atom. The fraction of sp³-hybridized carbons (Fsp3) is 0.643. The van der Waals surface area contributed by atoms with Crippen LogP contribution in [-0.2, 0) is 18.3 Å². The number of nitrogens with zero attached hydrogens (tertiary/aromatic N) is 2. The highest BCUT2D eigenvalue weighted by Gasteiger charge is 1.98. The quantitative estimate of drug-likeness (QED) is 0.426. The number of nitrogens with one attached hydrogen (secondary N) is 2. The summed E-state index contributed by atoms with van der Waals surface area (Å²) < 4.78 is 7.34. The van der Waals surface area contributed by atoms with E-state index in [1.54, 1.807) is 0 Å². The van der Waals surface area contributed by atoms with Crippen LogP contribution in [0.5, 0.6) is 0 Å². The minimum atomic E-state index is 0.696. The van der Waals surface area contributed by atoms with E-state index in [0.717, 1.165) is 38.7 Å². The molecule has 0 aliphatic heterocycles. The molecule has 0 unspecified atom stereocenters. The van der Waals surface area contributed by atoms with E-state index in [1.165, 1.54) is 5.56 Å². The number of aliphatic imine (C=N–C) groups is 1. The van der Waals surface area contributed by atoms with E-state index in [2.05, 4.69) is 34.8 Å². The molecular weight excluding hydrogens is 240 g/mol.